The number of sulfonamides is 1. The van der Waals surface area contributed by atoms with Gasteiger partial charge in [-0.15, -0.1) is 11.3 Å². The number of aromatic nitrogens is 1. The van der Waals surface area contributed by atoms with Gasteiger partial charge in [0.05, 0.1) is 33.1 Å². The number of thiazole rings is 1. The van der Waals surface area contributed by atoms with Crippen molar-refractivity contribution in [2.24, 2.45) is 0 Å². The van der Waals surface area contributed by atoms with Crippen molar-refractivity contribution in [1.29, 1.82) is 5.26 Å². The van der Waals surface area contributed by atoms with Crippen LogP contribution in [0.3, 0.4) is 0 Å². The minimum absolute atomic E-state index is 0.287. The molecule has 0 spiro atoms. The maximum absolute atomic E-state index is 12.5. The van der Waals surface area contributed by atoms with Crippen molar-refractivity contribution in [3.63, 3.8) is 0 Å². The van der Waals surface area contributed by atoms with Gasteiger partial charge in [-0.2, -0.15) is 5.26 Å². The van der Waals surface area contributed by atoms with Crippen molar-refractivity contribution in [3.8, 4) is 6.07 Å². The van der Waals surface area contributed by atoms with Crippen molar-refractivity contribution in [2.75, 3.05) is 0 Å². The number of para-hydroxylation sites is 1. The largest absolute Gasteiger partial charge is 0.239 e. The Balaban J connectivity index is 1.69. The van der Waals surface area contributed by atoms with Gasteiger partial charge in [-0.05, 0) is 49.1 Å². The van der Waals surface area contributed by atoms with E-state index in [1.807, 2.05) is 36.4 Å². The monoisotopic (exact) mass is 383 g/mol. The maximum atomic E-state index is 12.5. The highest BCUT2D eigenvalue weighted by Crippen LogP contribution is 2.33. The lowest BCUT2D eigenvalue weighted by Gasteiger charge is -2.17. The first kappa shape index (κ1) is 17.2. The molecule has 1 atom stereocenters. The molecule has 1 saturated carbocycles. The number of fused-ring (bicyclic) bond motifs is 1. The van der Waals surface area contributed by atoms with Gasteiger partial charge in [-0.1, -0.05) is 24.3 Å². The quantitative estimate of drug-likeness (QED) is 0.706. The van der Waals surface area contributed by atoms with E-state index < -0.39 is 16.1 Å². The second-order valence-corrected chi connectivity index (χ2v) is 9.51. The van der Waals surface area contributed by atoms with Gasteiger partial charge in [-0.25, -0.2) is 18.1 Å². The molecule has 3 aromatic rings. The van der Waals surface area contributed by atoms with Crippen molar-refractivity contribution in [1.82, 2.24) is 9.71 Å². The molecule has 1 unspecified atom stereocenters. The van der Waals surface area contributed by atoms with E-state index in [0.29, 0.717) is 24.8 Å². The Hall–Kier alpha value is -2.27. The summed E-state index contributed by atoms with van der Waals surface area (Å²) in [6.45, 7) is 0. The first-order chi connectivity index (χ1) is 12.5. The molecule has 1 heterocycles. The second-order valence-electron chi connectivity index (χ2n) is 6.45. The normalized spacial score (nSPS) is 15.7. The van der Waals surface area contributed by atoms with Crippen LogP contribution in [0, 0.1) is 11.3 Å². The van der Waals surface area contributed by atoms with E-state index in [0.717, 1.165) is 20.8 Å². The van der Waals surface area contributed by atoms with Gasteiger partial charge in [0, 0.05) is 0 Å². The molecular formula is C19H17N3O2S2. The molecule has 1 fully saturated rings. The number of benzene rings is 2. The lowest BCUT2D eigenvalue weighted by atomic mass is 10.0. The molecule has 1 aromatic heterocycles. The average Bonchev–Trinajstić information content (AvgIpc) is 3.41. The Morgan fingerprint density at radius 1 is 1.23 bits per heavy atom. The summed E-state index contributed by atoms with van der Waals surface area (Å²) in [6.07, 6.45) is 1.89. The van der Waals surface area contributed by atoms with Gasteiger partial charge in [0.1, 0.15) is 5.01 Å². The molecule has 7 heteroatoms. The van der Waals surface area contributed by atoms with Crippen LogP contribution in [0.25, 0.3) is 10.2 Å². The van der Waals surface area contributed by atoms with E-state index in [4.69, 9.17) is 5.26 Å². The van der Waals surface area contributed by atoms with Crippen LogP contribution in [0.5, 0.6) is 0 Å². The van der Waals surface area contributed by atoms with Gasteiger partial charge in [0.25, 0.3) is 0 Å². The topological polar surface area (TPSA) is 82.9 Å². The summed E-state index contributed by atoms with van der Waals surface area (Å²) in [4.78, 5) is 4.64. The number of rotatable bonds is 6. The van der Waals surface area contributed by atoms with Crippen molar-refractivity contribution in [2.45, 2.75) is 30.6 Å². The number of hydrogen-bond acceptors (Lipinski definition) is 5. The van der Waals surface area contributed by atoms with E-state index in [9.17, 15) is 8.42 Å². The molecule has 132 valence electrons. The first-order valence-corrected chi connectivity index (χ1v) is 10.8. The fraction of sp³-hybridized carbons (Fsp3) is 0.263. The lowest BCUT2D eigenvalue weighted by molar-refractivity contribution is 0.553. The molecule has 1 N–H and O–H groups in total. The third-order valence-corrected chi connectivity index (χ3v) is 7.49. The fourth-order valence-electron chi connectivity index (χ4n) is 2.89. The van der Waals surface area contributed by atoms with Crippen LogP contribution < -0.4 is 4.72 Å². The van der Waals surface area contributed by atoms with Crippen molar-refractivity contribution in [3.05, 3.63) is 64.7 Å². The molecule has 2 aromatic carbocycles. The molecule has 0 radical (unpaired) electrons. The molecular weight excluding hydrogens is 366 g/mol. The summed E-state index contributed by atoms with van der Waals surface area (Å²) in [5, 5.41) is 9.56. The Labute approximate surface area is 156 Å². The summed E-state index contributed by atoms with van der Waals surface area (Å²) in [7, 11) is -3.36. The lowest BCUT2D eigenvalue weighted by Crippen LogP contribution is -2.32. The highest BCUT2D eigenvalue weighted by atomic mass is 32.2. The highest BCUT2D eigenvalue weighted by molar-refractivity contribution is 7.90. The SMILES string of the molecule is N#Cc1cccc(CC(NS(=O)(=O)C2CC2)c2nc3ccccc3s2)c1. The summed E-state index contributed by atoms with van der Waals surface area (Å²) in [6, 6.07) is 16.7. The zero-order valence-corrected chi connectivity index (χ0v) is 15.6. The minimum atomic E-state index is -3.36. The third kappa shape index (κ3) is 3.63. The molecule has 1 aliphatic rings. The second kappa shape index (κ2) is 6.80. The van der Waals surface area contributed by atoms with Crippen LogP contribution in [-0.4, -0.2) is 18.7 Å². The predicted octanol–water partition coefficient (Wildman–Crippen LogP) is 3.53. The van der Waals surface area contributed by atoms with Crippen LogP contribution in [0.4, 0.5) is 0 Å². The van der Waals surface area contributed by atoms with Crippen LogP contribution in [-0.2, 0) is 16.4 Å². The van der Waals surface area contributed by atoms with Crippen molar-refractivity contribution >= 4 is 31.6 Å². The van der Waals surface area contributed by atoms with Gasteiger partial charge >= 0.3 is 0 Å². The van der Waals surface area contributed by atoms with Crippen LogP contribution in [0.1, 0.15) is 35.0 Å². The highest BCUT2D eigenvalue weighted by Gasteiger charge is 2.37. The van der Waals surface area contributed by atoms with E-state index in [2.05, 4.69) is 15.8 Å². The number of nitrogens with one attached hydrogen (secondary N) is 1. The van der Waals surface area contributed by atoms with Crippen LogP contribution >= 0.6 is 11.3 Å². The molecule has 0 bridgehead atoms. The molecule has 4 rings (SSSR count). The van der Waals surface area contributed by atoms with Crippen LogP contribution in [0.2, 0.25) is 0 Å². The van der Waals surface area contributed by atoms with Gasteiger partial charge in [0.2, 0.25) is 10.0 Å². The molecule has 5 nitrogen and oxygen atoms in total. The predicted molar refractivity (Wildman–Crippen MR) is 102 cm³/mol. The molecule has 1 aliphatic carbocycles. The van der Waals surface area contributed by atoms with E-state index in [1.165, 1.54) is 11.3 Å². The summed E-state index contributed by atoms with van der Waals surface area (Å²) in [5.74, 6) is 0. The zero-order chi connectivity index (χ0) is 18.1. The first-order valence-electron chi connectivity index (χ1n) is 8.41. The van der Waals surface area contributed by atoms with Crippen molar-refractivity contribution < 1.29 is 8.42 Å². The van der Waals surface area contributed by atoms with E-state index in [-0.39, 0.29) is 5.25 Å². The minimum Gasteiger partial charge on any atom is -0.239 e. The summed E-state index contributed by atoms with van der Waals surface area (Å²) < 4.78 is 28.9. The summed E-state index contributed by atoms with van der Waals surface area (Å²) in [5.41, 5.74) is 2.34. The Kier molecular flexibility index (Phi) is 4.49. The van der Waals surface area contributed by atoms with Gasteiger partial charge in [0.15, 0.2) is 0 Å². The molecule has 0 saturated heterocycles. The van der Waals surface area contributed by atoms with Gasteiger partial charge < -0.3 is 0 Å². The molecule has 0 amide bonds. The number of nitrogens with zero attached hydrogens (tertiary/aromatic N) is 2. The van der Waals surface area contributed by atoms with E-state index in [1.54, 1.807) is 12.1 Å². The fourth-order valence-corrected chi connectivity index (χ4v) is 5.53. The molecule has 0 aliphatic heterocycles. The third-order valence-electron chi connectivity index (χ3n) is 4.37. The number of nitriles is 1. The Bertz CT molecular complexity index is 1060. The zero-order valence-electron chi connectivity index (χ0n) is 13.9. The van der Waals surface area contributed by atoms with Gasteiger partial charge in [-0.3, -0.25) is 0 Å². The Morgan fingerprint density at radius 3 is 2.77 bits per heavy atom. The smallest absolute Gasteiger partial charge is 0.215 e. The van der Waals surface area contributed by atoms with E-state index >= 15 is 0 Å². The number of hydrogen-bond donors (Lipinski definition) is 1. The summed E-state index contributed by atoms with van der Waals surface area (Å²) >= 11 is 1.50. The standard InChI is InChI=1S/C19H17N3O2S2/c20-12-14-5-3-4-13(10-14)11-17(22-26(23,24)15-8-9-15)19-21-16-6-1-2-7-18(16)25-19/h1-7,10,15,17,22H,8-9,11H2. The van der Waals surface area contributed by atoms with Crippen LogP contribution in [0.15, 0.2) is 48.5 Å². The Morgan fingerprint density at radius 2 is 2.04 bits per heavy atom. The maximum Gasteiger partial charge on any atom is 0.215 e. The average molecular weight is 383 g/mol. The molecule has 26 heavy (non-hydrogen) atoms.